The zero-order valence-corrected chi connectivity index (χ0v) is 21.5. The van der Waals surface area contributed by atoms with Gasteiger partial charge in [-0.1, -0.05) is 73.2 Å². The lowest BCUT2D eigenvalue weighted by Gasteiger charge is -2.33. The smallest absolute Gasteiger partial charge is 0.244 e. The molecule has 7 nitrogen and oxygen atoms in total. The highest BCUT2D eigenvalue weighted by molar-refractivity contribution is 7.92. The fourth-order valence-corrected chi connectivity index (χ4v) is 4.98. The molecule has 8 heteroatoms. The molecule has 1 N–H and O–H groups in total. The summed E-state index contributed by atoms with van der Waals surface area (Å²) < 4.78 is 26.9. The number of fused-ring (bicyclic) bond motifs is 1. The van der Waals surface area contributed by atoms with Crippen molar-refractivity contribution in [3.05, 3.63) is 77.9 Å². The lowest BCUT2D eigenvalue weighted by Crippen LogP contribution is -2.52. The van der Waals surface area contributed by atoms with Gasteiger partial charge in [-0.05, 0) is 37.3 Å². The maximum absolute atomic E-state index is 13.7. The van der Waals surface area contributed by atoms with E-state index in [1.807, 2.05) is 75.4 Å². The summed E-state index contributed by atoms with van der Waals surface area (Å²) in [5, 5.41) is 4.40. The van der Waals surface area contributed by atoms with Crippen LogP contribution in [0.15, 0.2) is 66.7 Å². The number of likely N-dealkylation sites (N-methyl/N-ethyl adjacent to an activating group) is 1. The number of sulfonamides is 1. The largest absolute Gasteiger partial charge is 0.355 e. The van der Waals surface area contributed by atoms with Gasteiger partial charge in [-0.2, -0.15) is 0 Å². The molecule has 0 aliphatic rings. The van der Waals surface area contributed by atoms with E-state index < -0.39 is 28.5 Å². The van der Waals surface area contributed by atoms with Crippen molar-refractivity contribution in [2.24, 2.45) is 0 Å². The van der Waals surface area contributed by atoms with Crippen molar-refractivity contribution in [2.45, 2.75) is 39.8 Å². The molecule has 0 saturated carbocycles. The van der Waals surface area contributed by atoms with E-state index in [0.717, 1.165) is 32.5 Å². The van der Waals surface area contributed by atoms with Gasteiger partial charge >= 0.3 is 0 Å². The van der Waals surface area contributed by atoms with E-state index in [-0.39, 0.29) is 12.5 Å². The number of rotatable bonds is 10. The van der Waals surface area contributed by atoms with E-state index in [9.17, 15) is 18.0 Å². The number of nitrogens with one attached hydrogen (secondary N) is 1. The molecule has 0 heterocycles. The Hall–Kier alpha value is -3.39. The Morgan fingerprint density at radius 3 is 2.23 bits per heavy atom. The van der Waals surface area contributed by atoms with Crippen molar-refractivity contribution < 1.29 is 18.0 Å². The van der Waals surface area contributed by atoms with Crippen LogP contribution in [0.5, 0.6) is 0 Å². The van der Waals surface area contributed by atoms with Gasteiger partial charge in [0.25, 0.3) is 0 Å². The second-order valence-corrected chi connectivity index (χ2v) is 10.5. The highest BCUT2D eigenvalue weighted by Gasteiger charge is 2.31. The topological polar surface area (TPSA) is 86.8 Å². The normalized spacial score (nSPS) is 12.2. The van der Waals surface area contributed by atoms with Crippen LogP contribution in [0.1, 0.15) is 31.4 Å². The average Bonchev–Trinajstić information content (AvgIpc) is 2.82. The lowest BCUT2D eigenvalue weighted by atomic mass is 10.1. The molecule has 0 aliphatic heterocycles. The molecule has 0 radical (unpaired) electrons. The van der Waals surface area contributed by atoms with Gasteiger partial charge in [0.1, 0.15) is 12.6 Å². The van der Waals surface area contributed by atoms with Crippen LogP contribution in [0, 0.1) is 6.92 Å². The molecule has 3 rings (SSSR count). The number of hydrogen-bond donors (Lipinski definition) is 1. The third-order valence-corrected chi connectivity index (χ3v) is 7.05. The van der Waals surface area contributed by atoms with Gasteiger partial charge in [-0.3, -0.25) is 13.9 Å². The molecule has 0 saturated heterocycles. The summed E-state index contributed by atoms with van der Waals surface area (Å²) in [5.74, 6) is -0.700. The van der Waals surface area contributed by atoms with Crippen LogP contribution in [-0.4, -0.2) is 50.5 Å². The van der Waals surface area contributed by atoms with Crippen molar-refractivity contribution in [2.75, 3.05) is 23.7 Å². The lowest BCUT2D eigenvalue weighted by molar-refractivity contribution is -0.140. The van der Waals surface area contributed by atoms with Crippen LogP contribution >= 0.6 is 0 Å². The van der Waals surface area contributed by atoms with Gasteiger partial charge in [0, 0.05) is 18.5 Å². The Morgan fingerprint density at radius 2 is 1.60 bits per heavy atom. The summed E-state index contributed by atoms with van der Waals surface area (Å²) in [4.78, 5) is 28.1. The first kappa shape index (κ1) is 26.2. The van der Waals surface area contributed by atoms with E-state index in [4.69, 9.17) is 0 Å². The van der Waals surface area contributed by atoms with Crippen molar-refractivity contribution in [1.29, 1.82) is 0 Å². The number of carbonyl (C=O) groups is 2. The summed E-state index contributed by atoms with van der Waals surface area (Å²) >= 11 is 0. The number of hydrogen-bond acceptors (Lipinski definition) is 4. The van der Waals surface area contributed by atoms with Crippen LogP contribution in [0.2, 0.25) is 0 Å². The predicted octanol–water partition coefficient (Wildman–Crippen LogP) is 3.86. The summed E-state index contributed by atoms with van der Waals surface area (Å²) in [6.45, 7) is 5.87. The second-order valence-electron chi connectivity index (χ2n) is 8.59. The summed E-state index contributed by atoms with van der Waals surface area (Å²) in [6.07, 6.45) is 1.49. The molecule has 3 aromatic rings. The van der Waals surface area contributed by atoms with Gasteiger partial charge in [-0.15, -0.1) is 0 Å². The zero-order valence-electron chi connectivity index (χ0n) is 20.7. The van der Waals surface area contributed by atoms with E-state index in [1.165, 1.54) is 4.90 Å². The number of nitrogens with zero attached hydrogens (tertiary/aromatic N) is 2. The summed E-state index contributed by atoms with van der Waals surface area (Å²) in [7, 11) is -3.79. The second kappa shape index (κ2) is 11.4. The Morgan fingerprint density at radius 1 is 0.943 bits per heavy atom. The fourth-order valence-electron chi connectivity index (χ4n) is 4.12. The van der Waals surface area contributed by atoms with Gasteiger partial charge in [0.2, 0.25) is 21.8 Å². The Balaban J connectivity index is 2.02. The highest BCUT2D eigenvalue weighted by Crippen LogP contribution is 2.28. The number of anilines is 1. The molecule has 2 amide bonds. The molecule has 0 aliphatic carbocycles. The SMILES string of the molecule is CCNC(=O)C(CC)N(Cc1ccc(C)cc1)C(=O)CN(c1cccc2ccccc12)S(C)(=O)=O. The number of benzene rings is 3. The first-order chi connectivity index (χ1) is 16.7. The van der Waals surface area contributed by atoms with E-state index in [2.05, 4.69) is 5.32 Å². The first-order valence-electron chi connectivity index (χ1n) is 11.7. The van der Waals surface area contributed by atoms with Crippen LogP contribution in [0.4, 0.5) is 5.69 Å². The molecule has 1 unspecified atom stereocenters. The van der Waals surface area contributed by atoms with E-state index in [0.29, 0.717) is 18.7 Å². The minimum atomic E-state index is -3.79. The Kier molecular flexibility index (Phi) is 8.51. The molecular formula is C27H33N3O4S. The molecule has 35 heavy (non-hydrogen) atoms. The predicted molar refractivity (Wildman–Crippen MR) is 141 cm³/mol. The van der Waals surface area contributed by atoms with Crippen molar-refractivity contribution in [1.82, 2.24) is 10.2 Å². The molecular weight excluding hydrogens is 462 g/mol. The minimum absolute atomic E-state index is 0.196. The highest BCUT2D eigenvalue weighted by atomic mass is 32.2. The van der Waals surface area contributed by atoms with E-state index in [1.54, 1.807) is 12.1 Å². The van der Waals surface area contributed by atoms with E-state index >= 15 is 0 Å². The Labute approximate surface area is 207 Å². The van der Waals surface area contributed by atoms with Gasteiger partial charge in [0.15, 0.2) is 0 Å². The maximum atomic E-state index is 13.7. The maximum Gasteiger partial charge on any atom is 0.244 e. The monoisotopic (exact) mass is 495 g/mol. The number of amides is 2. The quantitative estimate of drug-likeness (QED) is 0.463. The average molecular weight is 496 g/mol. The van der Waals surface area contributed by atoms with Crippen LogP contribution in [0.25, 0.3) is 10.8 Å². The van der Waals surface area contributed by atoms with Gasteiger partial charge < -0.3 is 10.2 Å². The molecule has 0 spiro atoms. The number of aryl methyl sites for hydroxylation is 1. The fraction of sp³-hybridized carbons (Fsp3) is 0.333. The summed E-state index contributed by atoms with van der Waals surface area (Å²) in [6, 6.07) is 19.8. The number of carbonyl (C=O) groups excluding carboxylic acids is 2. The summed E-state index contributed by atoms with van der Waals surface area (Å²) in [5.41, 5.74) is 2.38. The van der Waals surface area contributed by atoms with Crippen molar-refractivity contribution in [3.63, 3.8) is 0 Å². The molecule has 1 atom stereocenters. The third-order valence-electron chi connectivity index (χ3n) is 5.92. The van der Waals surface area contributed by atoms with Crippen molar-refractivity contribution >= 4 is 38.3 Å². The first-order valence-corrected chi connectivity index (χ1v) is 13.6. The standard InChI is InChI=1S/C27H33N3O4S/c1-5-24(27(32)28-6-2)29(18-21-16-14-20(3)15-17-21)26(31)19-30(35(4,33)34)25-13-9-11-22-10-7-8-12-23(22)25/h7-17,24H,5-6,18-19H2,1-4H3,(H,28,32). The van der Waals surface area contributed by atoms with Crippen molar-refractivity contribution in [3.8, 4) is 0 Å². The molecule has 186 valence electrons. The van der Waals surface area contributed by atoms with Crippen LogP contribution in [0.3, 0.4) is 0 Å². The molecule has 0 bridgehead atoms. The molecule has 0 aromatic heterocycles. The molecule has 0 fully saturated rings. The van der Waals surface area contributed by atoms with Crippen LogP contribution < -0.4 is 9.62 Å². The Bertz CT molecular complexity index is 1280. The molecule has 3 aromatic carbocycles. The van der Waals surface area contributed by atoms with Gasteiger partial charge in [-0.25, -0.2) is 8.42 Å². The third kappa shape index (κ3) is 6.39. The van der Waals surface area contributed by atoms with Crippen LogP contribution in [-0.2, 0) is 26.2 Å². The van der Waals surface area contributed by atoms with Gasteiger partial charge in [0.05, 0.1) is 11.9 Å². The zero-order chi connectivity index (χ0) is 25.6. The minimum Gasteiger partial charge on any atom is -0.355 e.